The van der Waals surface area contributed by atoms with Gasteiger partial charge in [0.25, 0.3) is 0 Å². The van der Waals surface area contributed by atoms with Gasteiger partial charge >= 0.3 is 0 Å². The summed E-state index contributed by atoms with van der Waals surface area (Å²) in [5, 5.41) is 3.13. The van der Waals surface area contributed by atoms with Crippen molar-refractivity contribution in [2.24, 2.45) is 0 Å². The number of hydrogen-bond acceptors (Lipinski definition) is 3. The molecule has 0 aromatic heterocycles. The molecule has 0 aliphatic heterocycles. The maximum atomic E-state index is 12.1. The van der Waals surface area contributed by atoms with E-state index in [4.69, 9.17) is 0 Å². The summed E-state index contributed by atoms with van der Waals surface area (Å²) in [5.41, 5.74) is 0.930. The minimum absolute atomic E-state index is 0.00319. The molecular formula is C13H22N2O2S. The van der Waals surface area contributed by atoms with E-state index in [9.17, 15) is 8.42 Å². The lowest BCUT2D eigenvalue weighted by Gasteiger charge is -2.15. The Labute approximate surface area is 110 Å². The van der Waals surface area contributed by atoms with E-state index in [1.165, 1.54) is 0 Å². The highest BCUT2D eigenvalue weighted by atomic mass is 32.2. The highest BCUT2D eigenvalue weighted by Gasteiger charge is 2.17. The zero-order chi connectivity index (χ0) is 13.6. The van der Waals surface area contributed by atoms with Gasteiger partial charge in [0.2, 0.25) is 10.0 Å². The quantitative estimate of drug-likeness (QED) is 0.800. The van der Waals surface area contributed by atoms with Crippen molar-refractivity contribution in [1.82, 2.24) is 4.72 Å². The van der Waals surface area contributed by atoms with Crippen LogP contribution in [0.25, 0.3) is 0 Å². The first-order chi connectivity index (χ1) is 8.53. The van der Waals surface area contributed by atoms with Gasteiger partial charge in [-0.2, -0.15) is 0 Å². The molecule has 0 radical (unpaired) electrons. The third-order valence-electron chi connectivity index (χ3n) is 2.85. The molecule has 102 valence electrons. The van der Waals surface area contributed by atoms with Gasteiger partial charge in [-0.1, -0.05) is 13.8 Å². The first kappa shape index (κ1) is 15.0. The van der Waals surface area contributed by atoms with Crippen LogP contribution in [0, 0.1) is 0 Å². The van der Waals surface area contributed by atoms with Gasteiger partial charge in [-0.05, 0) is 44.0 Å². The second-order valence-corrected chi connectivity index (χ2v) is 5.90. The zero-order valence-electron chi connectivity index (χ0n) is 11.2. The van der Waals surface area contributed by atoms with Gasteiger partial charge in [0.05, 0.1) is 4.90 Å². The Morgan fingerprint density at radius 1 is 1.06 bits per heavy atom. The van der Waals surface area contributed by atoms with Crippen molar-refractivity contribution in [1.29, 1.82) is 0 Å². The third-order valence-corrected chi connectivity index (χ3v) is 4.39. The van der Waals surface area contributed by atoms with E-state index >= 15 is 0 Å². The highest BCUT2D eigenvalue weighted by Crippen LogP contribution is 2.15. The van der Waals surface area contributed by atoms with Crippen molar-refractivity contribution in [3.05, 3.63) is 24.3 Å². The fraction of sp³-hybridized carbons (Fsp3) is 0.538. The molecule has 0 spiro atoms. The Morgan fingerprint density at radius 3 is 2.06 bits per heavy atom. The fourth-order valence-corrected chi connectivity index (χ4v) is 3.10. The van der Waals surface area contributed by atoms with Crippen LogP contribution >= 0.6 is 0 Å². The second-order valence-electron chi connectivity index (χ2n) is 4.19. The first-order valence-corrected chi connectivity index (χ1v) is 7.88. The molecular weight excluding hydrogens is 248 g/mol. The van der Waals surface area contributed by atoms with Gasteiger partial charge < -0.3 is 5.32 Å². The molecule has 0 heterocycles. The van der Waals surface area contributed by atoms with Crippen molar-refractivity contribution in [2.75, 3.05) is 11.9 Å². The largest absolute Gasteiger partial charge is 0.385 e. The molecule has 1 aromatic carbocycles. The smallest absolute Gasteiger partial charge is 0.240 e. The van der Waals surface area contributed by atoms with Gasteiger partial charge in [0.1, 0.15) is 0 Å². The number of hydrogen-bond donors (Lipinski definition) is 2. The van der Waals surface area contributed by atoms with Crippen molar-refractivity contribution in [2.45, 2.75) is 44.6 Å². The van der Waals surface area contributed by atoms with Crippen LogP contribution in [-0.4, -0.2) is 21.0 Å². The second kappa shape index (κ2) is 6.75. The number of anilines is 1. The molecule has 0 saturated carbocycles. The molecule has 0 saturated heterocycles. The summed E-state index contributed by atoms with van der Waals surface area (Å²) in [6.45, 7) is 6.77. The van der Waals surface area contributed by atoms with Crippen molar-refractivity contribution in [3.63, 3.8) is 0 Å². The molecule has 4 nitrogen and oxygen atoms in total. The Kier molecular flexibility index (Phi) is 5.62. The van der Waals surface area contributed by atoms with Crippen molar-refractivity contribution in [3.8, 4) is 0 Å². The Balaban J connectivity index is 2.84. The summed E-state index contributed by atoms with van der Waals surface area (Å²) in [4.78, 5) is 0.316. The van der Waals surface area contributed by atoms with Crippen LogP contribution in [-0.2, 0) is 10.0 Å². The lowest BCUT2D eigenvalue weighted by Crippen LogP contribution is -2.33. The molecule has 1 aromatic rings. The highest BCUT2D eigenvalue weighted by molar-refractivity contribution is 7.89. The molecule has 0 atom stereocenters. The molecule has 2 N–H and O–H groups in total. The molecule has 18 heavy (non-hydrogen) atoms. The lowest BCUT2D eigenvalue weighted by molar-refractivity contribution is 0.530. The Morgan fingerprint density at radius 2 is 1.61 bits per heavy atom. The normalized spacial score (nSPS) is 11.8. The van der Waals surface area contributed by atoms with Gasteiger partial charge in [-0.3, -0.25) is 0 Å². The van der Waals surface area contributed by atoms with Gasteiger partial charge in [0.15, 0.2) is 0 Å². The van der Waals surface area contributed by atoms with E-state index in [1.807, 2.05) is 20.8 Å². The molecule has 0 fully saturated rings. The molecule has 1 rings (SSSR count). The average molecular weight is 270 g/mol. The van der Waals surface area contributed by atoms with Crippen LogP contribution in [0.2, 0.25) is 0 Å². The van der Waals surface area contributed by atoms with Gasteiger partial charge in [-0.25, -0.2) is 13.1 Å². The average Bonchev–Trinajstić information content (AvgIpc) is 2.37. The number of sulfonamides is 1. The number of benzene rings is 1. The number of nitrogens with one attached hydrogen (secondary N) is 2. The summed E-state index contributed by atoms with van der Waals surface area (Å²) in [6.07, 6.45) is 1.59. The van der Waals surface area contributed by atoms with Gasteiger partial charge in [0, 0.05) is 18.3 Å². The fourth-order valence-electron chi connectivity index (χ4n) is 1.70. The maximum Gasteiger partial charge on any atom is 0.240 e. The third kappa shape index (κ3) is 3.99. The lowest BCUT2D eigenvalue weighted by atomic mass is 10.2. The predicted molar refractivity (Wildman–Crippen MR) is 75.3 cm³/mol. The molecule has 0 amide bonds. The van der Waals surface area contributed by atoms with E-state index in [-0.39, 0.29) is 6.04 Å². The minimum Gasteiger partial charge on any atom is -0.385 e. The summed E-state index contributed by atoms with van der Waals surface area (Å²) < 4.78 is 26.9. The summed E-state index contributed by atoms with van der Waals surface area (Å²) in [6, 6.07) is 6.82. The van der Waals surface area contributed by atoms with Crippen LogP contribution < -0.4 is 10.0 Å². The first-order valence-electron chi connectivity index (χ1n) is 6.39. The monoisotopic (exact) mass is 270 g/mol. The Hall–Kier alpha value is -1.07. The predicted octanol–water partition coefficient (Wildman–Crippen LogP) is 2.59. The molecule has 0 bridgehead atoms. The Bertz CT molecular complexity index is 450. The van der Waals surface area contributed by atoms with E-state index < -0.39 is 10.0 Å². The van der Waals surface area contributed by atoms with Crippen molar-refractivity contribution >= 4 is 15.7 Å². The topological polar surface area (TPSA) is 58.2 Å². The molecule has 0 unspecified atom stereocenters. The number of rotatable bonds is 7. The van der Waals surface area contributed by atoms with Crippen LogP contribution in [0.15, 0.2) is 29.2 Å². The molecule has 0 aliphatic carbocycles. The summed E-state index contributed by atoms with van der Waals surface area (Å²) >= 11 is 0. The van der Waals surface area contributed by atoms with Gasteiger partial charge in [-0.15, -0.1) is 0 Å². The summed E-state index contributed by atoms with van der Waals surface area (Å²) in [7, 11) is -3.39. The summed E-state index contributed by atoms with van der Waals surface area (Å²) in [5.74, 6) is 0. The standard InChI is InChI=1S/C13H22N2O2S/c1-4-11(5-2)15-18(16,17)13-9-7-12(8-10-13)14-6-3/h7-11,14-15H,4-6H2,1-3H3. The molecule has 0 aliphatic rings. The van der Waals surface area contributed by atoms with Crippen LogP contribution in [0.5, 0.6) is 0 Å². The van der Waals surface area contributed by atoms with E-state index in [1.54, 1.807) is 24.3 Å². The van der Waals surface area contributed by atoms with Crippen LogP contribution in [0.4, 0.5) is 5.69 Å². The van der Waals surface area contributed by atoms with E-state index in [2.05, 4.69) is 10.0 Å². The molecule has 5 heteroatoms. The van der Waals surface area contributed by atoms with Crippen LogP contribution in [0.3, 0.4) is 0 Å². The van der Waals surface area contributed by atoms with E-state index in [0.717, 1.165) is 25.1 Å². The maximum absolute atomic E-state index is 12.1. The van der Waals surface area contributed by atoms with E-state index in [0.29, 0.717) is 4.90 Å². The SMILES string of the molecule is CCNc1ccc(S(=O)(=O)NC(CC)CC)cc1. The van der Waals surface area contributed by atoms with Crippen molar-refractivity contribution < 1.29 is 8.42 Å². The van der Waals surface area contributed by atoms with Crippen LogP contribution in [0.1, 0.15) is 33.6 Å². The minimum atomic E-state index is -3.39. The zero-order valence-corrected chi connectivity index (χ0v) is 12.0.